The zero-order valence-electron chi connectivity index (χ0n) is 8.80. The first-order valence-corrected chi connectivity index (χ1v) is 4.91. The second-order valence-corrected chi connectivity index (χ2v) is 3.56. The van der Waals surface area contributed by atoms with Crippen molar-refractivity contribution >= 4 is 0 Å². The van der Waals surface area contributed by atoms with Crippen molar-refractivity contribution in [2.75, 3.05) is 0 Å². The molecule has 0 aliphatic heterocycles. The summed E-state index contributed by atoms with van der Waals surface area (Å²) in [5.74, 6) is 0.464. The first-order chi connectivity index (χ1) is 6.19. The van der Waals surface area contributed by atoms with Crippen LogP contribution in [0.4, 0.5) is 0 Å². The van der Waals surface area contributed by atoms with Crippen LogP contribution in [0.1, 0.15) is 36.5 Å². The highest BCUT2D eigenvalue weighted by atomic mass is 14.1. The number of benzene rings is 1. The molecular formula is C13H18. The fourth-order valence-corrected chi connectivity index (χ4v) is 1.49. The van der Waals surface area contributed by atoms with Crippen molar-refractivity contribution in [1.29, 1.82) is 0 Å². The molecule has 1 aromatic carbocycles. The fourth-order valence-electron chi connectivity index (χ4n) is 1.49. The van der Waals surface area contributed by atoms with E-state index >= 15 is 0 Å². The van der Waals surface area contributed by atoms with Gasteiger partial charge in [0.25, 0.3) is 0 Å². The van der Waals surface area contributed by atoms with Crippen LogP contribution in [0.25, 0.3) is 0 Å². The van der Waals surface area contributed by atoms with Crippen molar-refractivity contribution in [3.63, 3.8) is 0 Å². The Hall–Kier alpha value is -1.04. The standard InChI is InChI=1S/C13H18/c1-5-10(3)13-8-7-11(4)12(6-2)9-13/h5,7-10H,1,6H2,2-4H3. The van der Waals surface area contributed by atoms with Crippen LogP contribution >= 0.6 is 0 Å². The molecule has 0 aromatic heterocycles. The molecule has 0 N–H and O–H groups in total. The highest BCUT2D eigenvalue weighted by Crippen LogP contribution is 2.19. The Labute approximate surface area is 81.3 Å². The topological polar surface area (TPSA) is 0 Å². The minimum Gasteiger partial charge on any atom is -0.102 e. The van der Waals surface area contributed by atoms with Crippen LogP contribution in [0.15, 0.2) is 30.9 Å². The highest BCUT2D eigenvalue weighted by Gasteiger charge is 2.02. The van der Waals surface area contributed by atoms with Gasteiger partial charge in [0, 0.05) is 0 Å². The van der Waals surface area contributed by atoms with E-state index in [1.54, 1.807) is 0 Å². The quantitative estimate of drug-likeness (QED) is 0.611. The predicted molar refractivity (Wildman–Crippen MR) is 59.2 cm³/mol. The molecule has 0 nitrogen and oxygen atoms in total. The van der Waals surface area contributed by atoms with Gasteiger partial charge >= 0.3 is 0 Å². The average Bonchev–Trinajstić information content (AvgIpc) is 2.17. The first-order valence-electron chi connectivity index (χ1n) is 4.91. The summed E-state index contributed by atoms with van der Waals surface area (Å²) < 4.78 is 0. The maximum atomic E-state index is 3.81. The molecule has 0 fully saturated rings. The minimum absolute atomic E-state index is 0.464. The molecule has 0 heteroatoms. The van der Waals surface area contributed by atoms with Gasteiger partial charge in [0.05, 0.1) is 0 Å². The molecule has 13 heavy (non-hydrogen) atoms. The number of hydrogen-bond donors (Lipinski definition) is 0. The molecule has 1 unspecified atom stereocenters. The van der Waals surface area contributed by atoms with Crippen molar-refractivity contribution in [2.24, 2.45) is 0 Å². The highest BCUT2D eigenvalue weighted by molar-refractivity contribution is 5.34. The molecule has 1 atom stereocenters. The molecular weight excluding hydrogens is 156 g/mol. The van der Waals surface area contributed by atoms with E-state index in [9.17, 15) is 0 Å². The summed E-state index contributed by atoms with van der Waals surface area (Å²) in [6, 6.07) is 6.69. The number of allylic oxidation sites excluding steroid dienone is 1. The van der Waals surface area contributed by atoms with Crippen LogP contribution in [0.3, 0.4) is 0 Å². The summed E-state index contributed by atoms with van der Waals surface area (Å²) in [7, 11) is 0. The molecule has 0 saturated heterocycles. The minimum atomic E-state index is 0.464. The summed E-state index contributed by atoms with van der Waals surface area (Å²) >= 11 is 0. The second-order valence-electron chi connectivity index (χ2n) is 3.56. The molecule has 1 rings (SSSR count). The predicted octanol–water partition coefficient (Wildman–Crippen LogP) is 3.85. The third-order valence-electron chi connectivity index (χ3n) is 2.63. The lowest BCUT2D eigenvalue weighted by molar-refractivity contribution is 0.957. The van der Waals surface area contributed by atoms with E-state index in [0.717, 1.165) is 6.42 Å². The average molecular weight is 174 g/mol. The maximum Gasteiger partial charge on any atom is -0.00130 e. The number of aryl methyl sites for hydroxylation is 2. The third kappa shape index (κ3) is 2.21. The summed E-state index contributed by atoms with van der Waals surface area (Å²) in [6.07, 6.45) is 3.10. The van der Waals surface area contributed by atoms with Crippen molar-refractivity contribution in [3.8, 4) is 0 Å². The van der Waals surface area contributed by atoms with Crippen molar-refractivity contribution in [3.05, 3.63) is 47.5 Å². The summed E-state index contributed by atoms with van der Waals surface area (Å²) in [6.45, 7) is 10.4. The Kier molecular flexibility index (Phi) is 3.30. The lowest BCUT2D eigenvalue weighted by atomic mass is 9.96. The van der Waals surface area contributed by atoms with Gasteiger partial charge in [-0.3, -0.25) is 0 Å². The summed E-state index contributed by atoms with van der Waals surface area (Å²) in [5.41, 5.74) is 4.21. The Morgan fingerprint density at radius 3 is 2.69 bits per heavy atom. The molecule has 0 saturated carbocycles. The van der Waals surface area contributed by atoms with E-state index in [1.807, 2.05) is 6.08 Å². The van der Waals surface area contributed by atoms with E-state index in [2.05, 4.69) is 45.5 Å². The Morgan fingerprint density at radius 2 is 2.15 bits per heavy atom. The third-order valence-corrected chi connectivity index (χ3v) is 2.63. The van der Waals surface area contributed by atoms with Gasteiger partial charge in [0.1, 0.15) is 0 Å². The monoisotopic (exact) mass is 174 g/mol. The molecule has 0 radical (unpaired) electrons. The van der Waals surface area contributed by atoms with Gasteiger partial charge in [-0.25, -0.2) is 0 Å². The van der Waals surface area contributed by atoms with Crippen molar-refractivity contribution in [1.82, 2.24) is 0 Å². The summed E-state index contributed by atoms with van der Waals surface area (Å²) in [5, 5.41) is 0. The van der Waals surface area contributed by atoms with Gasteiger partial charge < -0.3 is 0 Å². The van der Waals surface area contributed by atoms with Gasteiger partial charge in [-0.1, -0.05) is 38.1 Å². The van der Waals surface area contributed by atoms with E-state index in [-0.39, 0.29) is 0 Å². The largest absolute Gasteiger partial charge is 0.102 e. The molecule has 0 amide bonds. The molecule has 1 aromatic rings. The van der Waals surface area contributed by atoms with Gasteiger partial charge in [-0.05, 0) is 36.0 Å². The van der Waals surface area contributed by atoms with E-state index in [4.69, 9.17) is 0 Å². The van der Waals surface area contributed by atoms with Crippen molar-refractivity contribution < 1.29 is 0 Å². The van der Waals surface area contributed by atoms with Crippen LogP contribution in [0.2, 0.25) is 0 Å². The Morgan fingerprint density at radius 1 is 1.46 bits per heavy atom. The molecule has 0 spiro atoms. The van der Waals surface area contributed by atoms with Gasteiger partial charge in [0.2, 0.25) is 0 Å². The Balaban J connectivity index is 3.05. The second kappa shape index (κ2) is 4.27. The first kappa shape index (κ1) is 10.0. The fraction of sp³-hybridized carbons (Fsp3) is 0.385. The maximum absolute atomic E-state index is 3.81. The zero-order chi connectivity index (χ0) is 9.84. The normalized spacial score (nSPS) is 12.5. The molecule has 0 aliphatic carbocycles. The van der Waals surface area contributed by atoms with Crippen LogP contribution < -0.4 is 0 Å². The smallest absolute Gasteiger partial charge is 0.00130 e. The molecule has 0 heterocycles. The van der Waals surface area contributed by atoms with E-state index in [1.165, 1.54) is 16.7 Å². The summed E-state index contributed by atoms with van der Waals surface area (Å²) in [4.78, 5) is 0. The number of rotatable bonds is 3. The van der Waals surface area contributed by atoms with Crippen molar-refractivity contribution in [2.45, 2.75) is 33.1 Å². The van der Waals surface area contributed by atoms with Gasteiger partial charge in [-0.15, -0.1) is 6.58 Å². The molecule has 0 bridgehead atoms. The zero-order valence-corrected chi connectivity index (χ0v) is 8.80. The Bertz CT molecular complexity index is 297. The molecule has 70 valence electrons. The van der Waals surface area contributed by atoms with Crippen LogP contribution in [0.5, 0.6) is 0 Å². The van der Waals surface area contributed by atoms with Gasteiger partial charge in [-0.2, -0.15) is 0 Å². The van der Waals surface area contributed by atoms with E-state index < -0.39 is 0 Å². The van der Waals surface area contributed by atoms with Crippen LogP contribution in [-0.2, 0) is 6.42 Å². The number of hydrogen-bond acceptors (Lipinski definition) is 0. The van der Waals surface area contributed by atoms with Crippen LogP contribution in [0, 0.1) is 6.92 Å². The van der Waals surface area contributed by atoms with E-state index in [0.29, 0.717) is 5.92 Å². The van der Waals surface area contributed by atoms with Crippen LogP contribution in [-0.4, -0.2) is 0 Å². The SMILES string of the molecule is C=CC(C)c1ccc(C)c(CC)c1. The molecule has 0 aliphatic rings. The lowest BCUT2D eigenvalue weighted by Gasteiger charge is -2.10. The van der Waals surface area contributed by atoms with Gasteiger partial charge in [0.15, 0.2) is 0 Å². The lowest BCUT2D eigenvalue weighted by Crippen LogP contribution is -1.93.